The summed E-state index contributed by atoms with van der Waals surface area (Å²) in [5.74, 6) is -1.01. The molecule has 2 aromatic rings. The van der Waals surface area contributed by atoms with Crippen LogP contribution >= 0.6 is 11.6 Å². The summed E-state index contributed by atoms with van der Waals surface area (Å²) < 4.78 is 46.8. The highest BCUT2D eigenvalue weighted by atomic mass is 35.5. The van der Waals surface area contributed by atoms with E-state index in [4.69, 9.17) is 16.3 Å². The molecular weight excluding hydrogens is 419 g/mol. The van der Waals surface area contributed by atoms with E-state index < -0.39 is 21.7 Å². The van der Waals surface area contributed by atoms with Crippen molar-refractivity contribution in [1.82, 2.24) is 4.31 Å². The predicted octanol–water partition coefficient (Wildman–Crippen LogP) is 3.84. The molecule has 2 unspecified atom stereocenters. The van der Waals surface area contributed by atoms with Gasteiger partial charge in [0.05, 0.1) is 17.2 Å². The summed E-state index contributed by atoms with van der Waals surface area (Å²) in [6.45, 7) is 5.60. The molecule has 6 nitrogen and oxygen atoms in total. The zero-order chi connectivity index (χ0) is 21.3. The Morgan fingerprint density at radius 2 is 1.83 bits per heavy atom. The average molecular weight is 441 g/mol. The van der Waals surface area contributed by atoms with Crippen LogP contribution in [0, 0.1) is 12.7 Å². The fourth-order valence-corrected chi connectivity index (χ4v) is 5.27. The first-order valence-electron chi connectivity index (χ1n) is 9.10. The lowest BCUT2D eigenvalue weighted by molar-refractivity contribution is -0.0440. The van der Waals surface area contributed by atoms with Crippen LogP contribution in [0.15, 0.2) is 41.3 Å². The van der Waals surface area contributed by atoms with Crippen molar-refractivity contribution >= 4 is 33.2 Å². The van der Waals surface area contributed by atoms with Crippen LogP contribution in [0.4, 0.5) is 10.1 Å². The molecule has 0 radical (unpaired) electrons. The smallest absolute Gasteiger partial charge is 0.255 e. The number of carbonyl (C=O) groups excluding carboxylic acids is 1. The Balaban J connectivity index is 1.89. The number of nitrogens with zero attached hydrogens (tertiary/aromatic N) is 1. The number of rotatable bonds is 4. The maximum absolute atomic E-state index is 13.7. The van der Waals surface area contributed by atoms with Crippen LogP contribution in [0.2, 0.25) is 5.02 Å². The second-order valence-corrected chi connectivity index (χ2v) is 9.46. The number of benzene rings is 2. The van der Waals surface area contributed by atoms with Gasteiger partial charge in [0.1, 0.15) is 10.7 Å². The number of aryl methyl sites for hydroxylation is 1. The zero-order valence-corrected chi connectivity index (χ0v) is 17.8. The van der Waals surface area contributed by atoms with Gasteiger partial charge in [-0.3, -0.25) is 4.79 Å². The number of ether oxygens (including phenoxy) is 1. The van der Waals surface area contributed by atoms with Gasteiger partial charge in [-0.05, 0) is 56.7 Å². The Labute approximate surface area is 174 Å². The number of halogens is 2. The van der Waals surface area contributed by atoms with Gasteiger partial charge in [-0.25, -0.2) is 12.8 Å². The summed E-state index contributed by atoms with van der Waals surface area (Å²) >= 11 is 6.16. The van der Waals surface area contributed by atoms with Gasteiger partial charge in [-0.15, -0.1) is 0 Å². The molecule has 1 aliphatic rings. The minimum absolute atomic E-state index is 0.0229. The molecule has 1 saturated heterocycles. The number of nitrogens with one attached hydrogen (secondary N) is 1. The summed E-state index contributed by atoms with van der Waals surface area (Å²) in [6, 6.07) is 8.35. The lowest BCUT2D eigenvalue weighted by Gasteiger charge is -2.34. The van der Waals surface area contributed by atoms with Crippen LogP contribution in [0.1, 0.15) is 29.8 Å². The van der Waals surface area contributed by atoms with Crippen molar-refractivity contribution in [2.24, 2.45) is 0 Å². The molecule has 156 valence electrons. The molecule has 1 aliphatic heterocycles. The zero-order valence-electron chi connectivity index (χ0n) is 16.3. The topological polar surface area (TPSA) is 75.7 Å². The molecule has 1 amide bonds. The fraction of sp³-hybridized carbons (Fsp3) is 0.350. The Bertz CT molecular complexity index is 1030. The number of sulfonamides is 1. The van der Waals surface area contributed by atoms with Crippen LogP contribution in [0.25, 0.3) is 0 Å². The van der Waals surface area contributed by atoms with Crippen LogP contribution in [-0.4, -0.2) is 43.9 Å². The third kappa shape index (κ3) is 4.78. The summed E-state index contributed by atoms with van der Waals surface area (Å²) in [6.07, 6.45) is -0.509. The van der Waals surface area contributed by atoms with Gasteiger partial charge in [0.15, 0.2) is 0 Å². The number of morpholine rings is 1. The van der Waals surface area contributed by atoms with E-state index >= 15 is 0 Å². The van der Waals surface area contributed by atoms with Crippen molar-refractivity contribution in [2.45, 2.75) is 37.9 Å². The first-order chi connectivity index (χ1) is 13.6. The van der Waals surface area contributed by atoms with Crippen LogP contribution < -0.4 is 5.32 Å². The molecule has 2 atom stereocenters. The molecule has 1 N–H and O–H groups in total. The molecule has 29 heavy (non-hydrogen) atoms. The van der Waals surface area contributed by atoms with Crippen molar-refractivity contribution in [1.29, 1.82) is 0 Å². The fourth-order valence-electron chi connectivity index (χ4n) is 3.18. The Kier molecular flexibility index (Phi) is 6.28. The molecule has 1 fully saturated rings. The molecule has 0 spiro atoms. The van der Waals surface area contributed by atoms with Gasteiger partial charge in [0.2, 0.25) is 10.0 Å². The number of amides is 1. The monoisotopic (exact) mass is 440 g/mol. The third-order valence-corrected chi connectivity index (χ3v) is 6.94. The van der Waals surface area contributed by atoms with Crippen molar-refractivity contribution in [3.63, 3.8) is 0 Å². The van der Waals surface area contributed by atoms with Gasteiger partial charge >= 0.3 is 0 Å². The number of anilines is 1. The normalized spacial score (nSPS) is 20.4. The van der Waals surface area contributed by atoms with Gasteiger partial charge in [0, 0.05) is 24.3 Å². The molecule has 2 aromatic carbocycles. The van der Waals surface area contributed by atoms with E-state index in [1.165, 1.54) is 28.6 Å². The SMILES string of the molecule is Cc1ccc(NC(=O)c2ccc(Cl)c(S(=O)(=O)N3CC(C)OC(C)C3)c2)cc1F. The van der Waals surface area contributed by atoms with E-state index in [1.807, 2.05) is 0 Å². The van der Waals surface area contributed by atoms with E-state index in [9.17, 15) is 17.6 Å². The van der Waals surface area contributed by atoms with E-state index in [-0.39, 0.29) is 46.5 Å². The standard InChI is InChI=1S/C20H22ClFN2O4S/c1-12-4-6-16(9-18(12)22)23-20(25)15-5-7-17(21)19(8-15)29(26,27)24-10-13(2)28-14(3)11-24/h4-9,13-14H,10-11H2,1-3H3,(H,23,25). The maximum Gasteiger partial charge on any atom is 0.255 e. The largest absolute Gasteiger partial charge is 0.373 e. The molecule has 0 aliphatic carbocycles. The molecular formula is C20H22ClFN2O4S. The van der Waals surface area contributed by atoms with Gasteiger partial charge < -0.3 is 10.1 Å². The van der Waals surface area contributed by atoms with Crippen molar-refractivity contribution in [3.05, 3.63) is 58.4 Å². The number of hydrogen-bond acceptors (Lipinski definition) is 4. The van der Waals surface area contributed by atoms with E-state index in [2.05, 4.69) is 5.32 Å². The third-order valence-electron chi connectivity index (χ3n) is 4.63. The van der Waals surface area contributed by atoms with Crippen LogP contribution in [-0.2, 0) is 14.8 Å². The van der Waals surface area contributed by atoms with Crippen molar-refractivity contribution < 1.29 is 22.3 Å². The minimum atomic E-state index is -3.92. The molecule has 0 bridgehead atoms. The van der Waals surface area contributed by atoms with Crippen molar-refractivity contribution in [3.8, 4) is 0 Å². The highest BCUT2D eigenvalue weighted by molar-refractivity contribution is 7.89. The van der Waals surface area contributed by atoms with Gasteiger partial charge in [-0.1, -0.05) is 17.7 Å². The van der Waals surface area contributed by atoms with Gasteiger partial charge in [0.25, 0.3) is 5.91 Å². The lowest BCUT2D eigenvalue weighted by atomic mass is 10.2. The quantitative estimate of drug-likeness (QED) is 0.783. The summed E-state index contributed by atoms with van der Waals surface area (Å²) in [5.41, 5.74) is 0.827. The molecule has 3 rings (SSSR count). The summed E-state index contributed by atoms with van der Waals surface area (Å²) in [4.78, 5) is 12.4. The van der Waals surface area contributed by atoms with E-state index in [0.29, 0.717) is 5.56 Å². The van der Waals surface area contributed by atoms with Crippen LogP contribution in [0.3, 0.4) is 0 Å². The highest BCUT2D eigenvalue weighted by Crippen LogP contribution is 2.28. The Hall–Kier alpha value is -2.00. The first kappa shape index (κ1) is 21.7. The lowest BCUT2D eigenvalue weighted by Crippen LogP contribution is -2.48. The van der Waals surface area contributed by atoms with Crippen LogP contribution in [0.5, 0.6) is 0 Å². The Morgan fingerprint density at radius 3 is 2.45 bits per heavy atom. The average Bonchev–Trinajstić information content (AvgIpc) is 2.64. The minimum Gasteiger partial charge on any atom is -0.373 e. The second-order valence-electron chi connectivity index (χ2n) is 7.14. The second kappa shape index (κ2) is 8.39. The van der Waals surface area contributed by atoms with Gasteiger partial charge in [-0.2, -0.15) is 4.31 Å². The summed E-state index contributed by atoms with van der Waals surface area (Å²) in [7, 11) is -3.92. The van der Waals surface area contributed by atoms with E-state index in [1.54, 1.807) is 32.9 Å². The van der Waals surface area contributed by atoms with E-state index in [0.717, 1.165) is 0 Å². The molecule has 1 heterocycles. The first-order valence-corrected chi connectivity index (χ1v) is 10.9. The molecule has 9 heteroatoms. The highest BCUT2D eigenvalue weighted by Gasteiger charge is 2.33. The predicted molar refractivity (Wildman–Crippen MR) is 109 cm³/mol. The van der Waals surface area contributed by atoms with Crippen molar-refractivity contribution in [2.75, 3.05) is 18.4 Å². The molecule has 0 saturated carbocycles. The Morgan fingerprint density at radius 1 is 1.17 bits per heavy atom. The summed E-state index contributed by atoms with van der Waals surface area (Å²) in [5, 5.41) is 2.59. The maximum atomic E-state index is 13.7. The number of carbonyl (C=O) groups is 1. The molecule has 0 aromatic heterocycles. The number of hydrogen-bond donors (Lipinski definition) is 1.